The molecular weight excluding hydrogens is 552 g/mol. The van der Waals surface area contributed by atoms with E-state index >= 15 is 0 Å². The zero-order valence-corrected chi connectivity index (χ0v) is 24.1. The molecule has 1 unspecified atom stereocenters. The molecule has 4 rings (SSSR count). The summed E-state index contributed by atoms with van der Waals surface area (Å²) in [6, 6.07) is 8.84. The zero-order valence-electron chi connectivity index (χ0n) is 23.3. The molecule has 0 amide bonds. The van der Waals surface area contributed by atoms with Crippen LogP contribution in [0.25, 0.3) is 6.08 Å². The normalized spacial score (nSPS) is 14.6. The molecule has 3 aromatic rings. The third-order valence-electron chi connectivity index (χ3n) is 6.00. The Morgan fingerprint density at radius 2 is 1.63 bits per heavy atom. The Morgan fingerprint density at radius 3 is 2.24 bits per heavy atom. The van der Waals surface area contributed by atoms with Gasteiger partial charge in [0.05, 0.1) is 42.7 Å². The summed E-state index contributed by atoms with van der Waals surface area (Å²) in [5.41, 5.74) is 1.32. The number of nitrogens with zero attached hydrogens (tertiary/aromatic N) is 2. The highest BCUT2D eigenvalue weighted by molar-refractivity contribution is 7.07. The number of benzene rings is 2. The number of esters is 3. The van der Waals surface area contributed by atoms with Crippen molar-refractivity contribution >= 4 is 35.3 Å². The minimum atomic E-state index is -0.897. The van der Waals surface area contributed by atoms with Crippen molar-refractivity contribution in [1.29, 1.82) is 0 Å². The summed E-state index contributed by atoms with van der Waals surface area (Å²) < 4.78 is 28.3. The van der Waals surface area contributed by atoms with E-state index in [1.165, 1.54) is 38.7 Å². The van der Waals surface area contributed by atoms with Gasteiger partial charge in [-0.1, -0.05) is 23.5 Å². The largest absolute Gasteiger partial charge is 0.493 e. The fourth-order valence-corrected chi connectivity index (χ4v) is 5.42. The van der Waals surface area contributed by atoms with Gasteiger partial charge in [-0.2, -0.15) is 0 Å². The van der Waals surface area contributed by atoms with Crippen molar-refractivity contribution in [2.75, 3.05) is 20.8 Å². The number of hydrogen-bond donors (Lipinski definition) is 0. The smallest absolute Gasteiger partial charge is 0.338 e. The summed E-state index contributed by atoms with van der Waals surface area (Å²) in [7, 11) is 2.67. The molecule has 1 atom stereocenters. The molecule has 0 spiro atoms. The lowest BCUT2D eigenvalue weighted by atomic mass is 9.95. The second-order valence-corrected chi connectivity index (χ2v) is 9.82. The molecule has 0 saturated carbocycles. The number of allylic oxidation sites excluding steroid dienone is 1. The maximum atomic E-state index is 13.9. The number of carbonyl (C=O) groups is 3. The third-order valence-corrected chi connectivity index (χ3v) is 6.99. The van der Waals surface area contributed by atoms with Crippen LogP contribution in [-0.2, 0) is 19.1 Å². The highest BCUT2D eigenvalue weighted by Gasteiger charge is 2.33. The van der Waals surface area contributed by atoms with Gasteiger partial charge >= 0.3 is 17.9 Å². The lowest BCUT2D eigenvalue weighted by molar-refractivity contribution is -0.136. The van der Waals surface area contributed by atoms with Gasteiger partial charge in [-0.15, -0.1) is 0 Å². The van der Waals surface area contributed by atoms with Gasteiger partial charge in [0.25, 0.3) is 5.56 Å². The maximum absolute atomic E-state index is 13.9. The molecule has 0 bridgehead atoms. The molecule has 0 N–H and O–H groups in total. The third kappa shape index (κ3) is 6.07. The standard InChI is InChI=1S/C29H28N2O9S/c1-7-38-23-12-18(8-10-21(23)40-17(4)33)13-24-27(34)31-26(25(28(35)37-6)15(2)30-29(31)41-24)19-9-11-20(39-16(3)32)22(14-19)36-5/h8-14,26H,7H2,1-6H3. The lowest BCUT2D eigenvalue weighted by Gasteiger charge is -2.25. The molecule has 2 heterocycles. The summed E-state index contributed by atoms with van der Waals surface area (Å²) >= 11 is 1.15. The second-order valence-electron chi connectivity index (χ2n) is 8.81. The van der Waals surface area contributed by atoms with Crippen molar-refractivity contribution in [3.8, 4) is 23.0 Å². The first-order valence-corrected chi connectivity index (χ1v) is 13.3. The quantitative estimate of drug-likeness (QED) is 0.291. The first kappa shape index (κ1) is 29.3. The fourth-order valence-electron chi connectivity index (χ4n) is 4.37. The van der Waals surface area contributed by atoms with E-state index < -0.39 is 29.5 Å². The zero-order chi connectivity index (χ0) is 29.8. The van der Waals surface area contributed by atoms with Crippen LogP contribution in [0.2, 0.25) is 0 Å². The lowest BCUT2D eigenvalue weighted by Crippen LogP contribution is -2.39. The Hall–Kier alpha value is -4.71. The van der Waals surface area contributed by atoms with Crippen molar-refractivity contribution in [2.45, 2.75) is 33.7 Å². The van der Waals surface area contributed by atoms with Gasteiger partial charge in [0.15, 0.2) is 27.8 Å². The molecule has 12 heteroatoms. The van der Waals surface area contributed by atoms with Crippen LogP contribution in [0.5, 0.6) is 23.0 Å². The van der Waals surface area contributed by atoms with Gasteiger partial charge in [-0.3, -0.25) is 19.0 Å². The van der Waals surface area contributed by atoms with Crippen LogP contribution in [0.4, 0.5) is 0 Å². The topological polar surface area (TPSA) is 132 Å². The molecule has 1 aliphatic rings. The van der Waals surface area contributed by atoms with Crippen LogP contribution >= 0.6 is 11.3 Å². The van der Waals surface area contributed by atoms with Gasteiger partial charge in [-0.25, -0.2) is 9.79 Å². The summed E-state index contributed by atoms with van der Waals surface area (Å²) in [5, 5.41) is 0. The van der Waals surface area contributed by atoms with Gasteiger partial charge in [-0.05, 0) is 55.3 Å². The summed E-state index contributed by atoms with van der Waals surface area (Å²) in [6.45, 7) is 6.38. The first-order chi connectivity index (χ1) is 19.6. The fraction of sp³-hybridized carbons (Fsp3) is 0.276. The van der Waals surface area contributed by atoms with Crippen molar-refractivity contribution < 1.29 is 38.1 Å². The molecule has 0 aliphatic carbocycles. The number of ether oxygens (including phenoxy) is 5. The number of carbonyl (C=O) groups excluding carboxylic acids is 3. The Bertz CT molecular complexity index is 1750. The Balaban J connectivity index is 1.90. The molecular formula is C29H28N2O9S. The van der Waals surface area contributed by atoms with E-state index in [4.69, 9.17) is 23.7 Å². The van der Waals surface area contributed by atoms with Crippen LogP contribution in [0.3, 0.4) is 0 Å². The number of hydrogen-bond acceptors (Lipinski definition) is 11. The molecule has 0 fully saturated rings. The summed E-state index contributed by atoms with van der Waals surface area (Å²) in [6.07, 6.45) is 1.67. The predicted molar refractivity (Wildman–Crippen MR) is 149 cm³/mol. The molecule has 214 valence electrons. The van der Waals surface area contributed by atoms with E-state index in [9.17, 15) is 19.2 Å². The van der Waals surface area contributed by atoms with E-state index in [-0.39, 0.29) is 22.8 Å². The molecule has 1 aliphatic heterocycles. The molecule has 0 saturated heterocycles. The maximum Gasteiger partial charge on any atom is 0.338 e. The molecule has 0 radical (unpaired) electrons. The monoisotopic (exact) mass is 580 g/mol. The average Bonchev–Trinajstić information content (AvgIpc) is 3.22. The van der Waals surface area contributed by atoms with Crippen molar-refractivity contribution in [1.82, 2.24) is 4.57 Å². The van der Waals surface area contributed by atoms with E-state index in [0.717, 1.165) is 11.3 Å². The van der Waals surface area contributed by atoms with E-state index in [0.29, 0.717) is 38.5 Å². The number of fused-ring (bicyclic) bond motifs is 1. The van der Waals surface area contributed by atoms with Crippen LogP contribution in [0.15, 0.2) is 57.5 Å². The number of aromatic nitrogens is 1. The average molecular weight is 581 g/mol. The number of rotatable bonds is 8. The van der Waals surface area contributed by atoms with E-state index in [2.05, 4.69) is 4.99 Å². The van der Waals surface area contributed by atoms with Crippen LogP contribution in [-0.4, -0.2) is 43.3 Å². The first-order valence-electron chi connectivity index (χ1n) is 12.5. The molecule has 11 nitrogen and oxygen atoms in total. The Morgan fingerprint density at radius 1 is 0.976 bits per heavy atom. The molecule has 2 aromatic carbocycles. The van der Waals surface area contributed by atoms with Crippen molar-refractivity contribution in [3.63, 3.8) is 0 Å². The van der Waals surface area contributed by atoms with Gasteiger partial charge < -0.3 is 23.7 Å². The minimum absolute atomic E-state index is 0.179. The SMILES string of the molecule is CCOc1cc(C=c2sc3n(c2=O)C(c2ccc(OC(C)=O)c(OC)c2)C(C(=O)OC)=C(C)N=3)ccc1OC(C)=O. The Labute approximate surface area is 238 Å². The minimum Gasteiger partial charge on any atom is -0.493 e. The van der Waals surface area contributed by atoms with Crippen LogP contribution in [0.1, 0.15) is 44.9 Å². The van der Waals surface area contributed by atoms with Crippen molar-refractivity contribution in [2.24, 2.45) is 4.99 Å². The van der Waals surface area contributed by atoms with Crippen LogP contribution < -0.4 is 33.8 Å². The van der Waals surface area contributed by atoms with Crippen LogP contribution in [0, 0.1) is 0 Å². The summed E-state index contributed by atoms with van der Waals surface area (Å²) in [5.74, 6) is -0.595. The predicted octanol–water partition coefficient (Wildman–Crippen LogP) is 2.67. The number of thiazole rings is 1. The number of methoxy groups -OCH3 is 2. The highest BCUT2D eigenvalue weighted by Crippen LogP contribution is 2.36. The molecule has 1 aromatic heterocycles. The van der Waals surface area contributed by atoms with E-state index in [1.807, 2.05) is 0 Å². The van der Waals surface area contributed by atoms with Gasteiger partial charge in [0, 0.05) is 13.8 Å². The van der Waals surface area contributed by atoms with Gasteiger partial charge in [0.1, 0.15) is 0 Å². The van der Waals surface area contributed by atoms with Gasteiger partial charge in [0.2, 0.25) is 0 Å². The summed E-state index contributed by atoms with van der Waals surface area (Å²) in [4.78, 5) is 54.7. The molecule has 41 heavy (non-hydrogen) atoms. The highest BCUT2D eigenvalue weighted by atomic mass is 32.1. The Kier molecular flexibility index (Phi) is 8.72. The van der Waals surface area contributed by atoms with E-state index in [1.54, 1.807) is 50.3 Å². The second kappa shape index (κ2) is 12.2. The van der Waals surface area contributed by atoms with Crippen molar-refractivity contribution in [3.05, 3.63) is 78.5 Å².